The third-order valence-corrected chi connectivity index (χ3v) is 3.58. The van der Waals surface area contributed by atoms with E-state index in [2.05, 4.69) is 24.1 Å². The van der Waals surface area contributed by atoms with Crippen LogP contribution in [0, 0.1) is 0 Å². The molecule has 2 saturated heterocycles. The summed E-state index contributed by atoms with van der Waals surface area (Å²) in [6, 6.07) is 0. The highest BCUT2D eigenvalue weighted by Gasteiger charge is 2.33. The van der Waals surface area contributed by atoms with Crippen LogP contribution in [0.1, 0.15) is 39.5 Å². The quantitative estimate of drug-likeness (QED) is 0.769. The molecule has 2 aliphatic heterocycles. The van der Waals surface area contributed by atoms with Gasteiger partial charge in [-0.1, -0.05) is 6.42 Å². The highest BCUT2D eigenvalue weighted by Crippen LogP contribution is 2.21. The molecular weight excluding hydrogens is 188 g/mol. The molecule has 0 amide bonds. The Kier molecular flexibility index (Phi) is 3.65. The summed E-state index contributed by atoms with van der Waals surface area (Å²) < 4.78 is 5.90. The van der Waals surface area contributed by atoms with Gasteiger partial charge in [0.2, 0.25) is 0 Å². The van der Waals surface area contributed by atoms with Gasteiger partial charge in [0.1, 0.15) is 5.72 Å². The topological polar surface area (TPSA) is 24.5 Å². The van der Waals surface area contributed by atoms with Crippen molar-refractivity contribution in [2.24, 2.45) is 0 Å². The minimum atomic E-state index is -0.0726. The van der Waals surface area contributed by atoms with Gasteiger partial charge in [-0.25, -0.2) is 0 Å². The van der Waals surface area contributed by atoms with E-state index >= 15 is 0 Å². The lowest BCUT2D eigenvalue weighted by molar-refractivity contribution is -0.0413. The van der Waals surface area contributed by atoms with E-state index in [1.807, 2.05) is 0 Å². The van der Waals surface area contributed by atoms with Gasteiger partial charge in [-0.15, -0.1) is 0 Å². The number of piperidine rings is 1. The maximum Gasteiger partial charge on any atom is 0.118 e. The van der Waals surface area contributed by atoms with Gasteiger partial charge in [0, 0.05) is 19.5 Å². The smallest absolute Gasteiger partial charge is 0.118 e. The molecule has 2 heterocycles. The highest BCUT2D eigenvalue weighted by molar-refractivity contribution is 4.83. The molecule has 2 atom stereocenters. The largest absolute Gasteiger partial charge is 0.357 e. The van der Waals surface area contributed by atoms with Gasteiger partial charge in [-0.2, -0.15) is 0 Å². The molecule has 0 aromatic rings. The van der Waals surface area contributed by atoms with Gasteiger partial charge in [0.15, 0.2) is 0 Å². The lowest BCUT2D eigenvalue weighted by Gasteiger charge is -2.31. The number of hydrogen-bond acceptors (Lipinski definition) is 3. The Morgan fingerprint density at radius 1 is 1.33 bits per heavy atom. The molecule has 0 aromatic heterocycles. The molecule has 15 heavy (non-hydrogen) atoms. The van der Waals surface area contributed by atoms with Crippen LogP contribution in [0.2, 0.25) is 0 Å². The Morgan fingerprint density at radius 2 is 2.07 bits per heavy atom. The van der Waals surface area contributed by atoms with Crippen LogP contribution in [0.5, 0.6) is 0 Å². The molecule has 2 unspecified atom stereocenters. The van der Waals surface area contributed by atoms with Crippen LogP contribution in [-0.2, 0) is 4.74 Å². The van der Waals surface area contributed by atoms with Crippen molar-refractivity contribution >= 4 is 0 Å². The van der Waals surface area contributed by atoms with E-state index in [1.54, 1.807) is 0 Å². The van der Waals surface area contributed by atoms with Crippen LogP contribution in [0.4, 0.5) is 0 Å². The lowest BCUT2D eigenvalue weighted by atomic mass is 10.1. The fraction of sp³-hybridized carbons (Fsp3) is 1.00. The Bertz CT molecular complexity index is 204. The van der Waals surface area contributed by atoms with Crippen LogP contribution in [-0.4, -0.2) is 42.9 Å². The number of nitrogens with one attached hydrogen (secondary N) is 1. The zero-order chi connectivity index (χ0) is 10.7. The van der Waals surface area contributed by atoms with Crippen molar-refractivity contribution in [3.05, 3.63) is 0 Å². The molecule has 1 N–H and O–H groups in total. The summed E-state index contributed by atoms with van der Waals surface area (Å²) in [5, 5.41) is 3.47. The van der Waals surface area contributed by atoms with Crippen molar-refractivity contribution in [3.8, 4) is 0 Å². The summed E-state index contributed by atoms with van der Waals surface area (Å²) in [6.07, 6.45) is 5.65. The van der Waals surface area contributed by atoms with E-state index in [9.17, 15) is 0 Å². The van der Waals surface area contributed by atoms with Crippen LogP contribution >= 0.6 is 0 Å². The predicted molar refractivity (Wildman–Crippen MR) is 61.9 cm³/mol. The zero-order valence-electron chi connectivity index (χ0n) is 10.1. The molecule has 88 valence electrons. The maximum absolute atomic E-state index is 5.90. The molecule has 0 saturated carbocycles. The van der Waals surface area contributed by atoms with Gasteiger partial charge in [0.25, 0.3) is 0 Å². The highest BCUT2D eigenvalue weighted by atomic mass is 16.5. The van der Waals surface area contributed by atoms with Gasteiger partial charge < -0.3 is 9.64 Å². The average Bonchev–Trinajstić information content (AvgIpc) is 2.58. The number of rotatable bonds is 3. The van der Waals surface area contributed by atoms with E-state index in [-0.39, 0.29) is 5.72 Å². The van der Waals surface area contributed by atoms with Gasteiger partial charge in [-0.3, -0.25) is 5.32 Å². The molecule has 0 aliphatic carbocycles. The third-order valence-electron chi connectivity index (χ3n) is 3.58. The fourth-order valence-corrected chi connectivity index (χ4v) is 2.59. The average molecular weight is 212 g/mol. The predicted octanol–water partition coefficient (Wildman–Crippen LogP) is 1.59. The van der Waals surface area contributed by atoms with E-state index in [0.717, 1.165) is 13.0 Å². The molecule has 0 spiro atoms. The second-order valence-corrected chi connectivity index (χ2v) is 5.19. The monoisotopic (exact) mass is 212 g/mol. The van der Waals surface area contributed by atoms with Crippen molar-refractivity contribution < 1.29 is 4.74 Å². The summed E-state index contributed by atoms with van der Waals surface area (Å²) in [7, 11) is 0. The van der Waals surface area contributed by atoms with E-state index in [0.29, 0.717) is 6.10 Å². The van der Waals surface area contributed by atoms with Gasteiger partial charge in [0.05, 0.1) is 6.10 Å². The molecule has 0 bridgehead atoms. The first-order valence-electron chi connectivity index (χ1n) is 6.33. The molecule has 0 radical (unpaired) electrons. The molecule has 2 fully saturated rings. The van der Waals surface area contributed by atoms with Crippen molar-refractivity contribution in [1.82, 2.24) is 10.2 Å². The van der Waals surface area contributed by atoms with Crippen molar-refractivity contribution in [2.45, 2.75) is 51.4 Å². The van der Waals surface area contributed by atoms with Crippen molar-refractivity contribution in [3.63, 3.8) is 0 Å². The molecule has 3 nitrogen and oxygen atoms in total. The third kappa shape index (κ3) is 3.16. The van der Waals surface area contributed by atoms with Gasteiger partial charge in [-0.05, 0) is 39.8 Å². The van der Waals surface area contributed by atoms with Crippen LogP contribution in [0.25, 0.3) is 0 Å². The van der Waals surface area contributed by atoms with Crippen LogP contribution < -0.4 is 5.32 Å². The number of nitrogens with zero attached hydrogens (tertiary/aromatic N) is 1. The Balaban J connectivity index is 1.72. The second kappa shape index (κ2) is 4.81. The van der Waals surface area contributed by atoms with Crippen LogP contribution in [0.3, 0.4) is 0 Å². The van der Waals surface area contributed by atoms with E-state index in [1.165, 1.54) is 38.9 Å². The maximum atomic E-state index is 5.90. The summed E-state index contributed by atoms with van der Waals surface area (Å²) >= 11 is 0. The van der Waals surface area contributed by atoms with Crippen LogP contribution in [0.15, 0.2) is 0 Å². The standard InChI is InChI=1S/C12H24N2O/c1-11-10-13-12(2,15-11)6-9-14-7-4-3-5-8-14/h11,13H,3-10H2,1-2H3. The fourth-order valence-electron chi connectivity index (χ4n) is 2.59. The number of ether oxygens (including phenoxy) is 1. The molecule has 2 aliphatic rings. The Hall–Kier alpha value is -0.120. The summed E-state index contributed by atoms with van der Waals surface area (Å²) in [6.45, 7) is 9.06. The first-order valence-corrected chi connectivity index (χ1v) is 6.33. The second-order valence-electron chi connectivity index (χ2n) is 5.19. The summed E-state index contributed by atoms with van der Waals surface area (Å²) in [4.78, 5) is 2.57. The Morgan fingerprint density at radius 3 is 2.67 bits per heavy atom. The van der Waals surface area contributed by atoms with E-state index in [4.69, 9.17) is 4.74 Å². The first-order chi connectivity index (χ1) is 7.18. The van der Waals surface area contributed by atoms with Crippen molar-refractivity contribution in [1.29, 1.82) is 0 Å². The zero-order valence-corrected chi connectivity index (χ0v) is 10.1. The van der Waals surface area contributed by atoms with E-state index < -0.39 is 0 Å². The molecule has 3 heteroatoms. The molecule has 0 aromatic carbocycles. The normalized spacial score (nSPS) is 38.4. The number of hydrogen-bond donors (Lipinski definition) is 1. The summed E-state index contributed by atoms with van der Waals surface area (Å²) in [5.41, 5.74) is -0.0726. The number of likely N-dealkylation sites (tertiary alicyclic amines) is 1. The minimum Gasteiger partial charge on any atom is -0.357 e. The Labute approximate surface area is 93.2 Å². The lowest BCUT2D eigenvalue weighted by Crippen LogP contribution is -2.42. The minimum absolute atomic E-state index is 0.0726. The van der Waals surface area contributed by atoms with Gasteiger partial charge >= 0.3 is 0 Å². The molecular formula is C12H24N2O. The molecule has 2 rings (SSSR count). The van der Waals surface area contributed by atoms with Crippen molar-refractivity contribution in [2.75, 3.05) is 26.2 Å². The summed E-state index contributed by atoms with van der Waals surface area (Å²) in [5.74, 6) is 0. The SMILES string of the molecule is CC1CNC(C)(CCN2CCCCC2)O1. The first kappa shape index (κ1) is 11.4.